The minimum absolute atomic E-state index is 0.0148. The van der Waals surface area contributed by atoms with Gasteiger partial charge in [-0.3, -0.25) is 9.67 Å². The number of pyridine rings is 2. The molecular weight excluding hydrogens is 447 g/mol. The Morgan fingerprint density at radius 1 is 1.12 bits per heavy atom. The quantitative estimate of drug-likeness (QED) is 0.448. The lowest BCUT2D eigenvalue weighted by Gasteiger charge is -2.09. The summed E-state index contributed by atoms with van der Waals surface area (Å²) in [6.07, 6.45) is -0.732. The van der Waals surface area contributed by atoms with Gasteiger partial charge < -0.3 is 0 Å². The van der Waals surface area contributed by atoms with Gasteiger partial charge in [-0.15, -0.1) is 0 Å². The predicted molar refractivity (Wildman–Crippen MR) is 107 cm³/mol. The standard InChI is InChI=1S/C19H16F3N7O2S/c1-3-32(30,31)15-5-7-17(29-11-23-10-25-29)26-18(15)13-8-14(28(2)27-13)12-4-6-16(24-9-12)19(20,21)22/h4-11H,3H2,1-2H3. The number of nitrogens with zero attached hydrogens (tertiary/aromatic N) is 7. The summed E-state index contributed by atoms with van der Waals surface area (Å²) < 4.78 is 66.6. The number of hydrogen-bond donors (Lipinski definition) is 0. The Morgan fingerprint density at radius 2 is 1.91 bits per heavy atom. The summed E-state index contributed by atoms with van der Waals surface area (Å²) in [5, 5.41) is 8.35. The molecule has 0 aliphatic carbocycles. The topological polar surface area (TPSA) is 108 Å². The second-order valence-electron chi connectivity index (χ2n) is 6.73. The molecule has 0 aliphatic rings. The van der Waals surface area contributed by atoms with Crippen molar-refractivity contribution in [2.75, 3.05) is 5.75 Å². The second-order valence-corrected chi connectivity index (χ2v) is 8.97. The lowest BCUT2D eigenvalue weighted by Crippen LogP contribution is -2.09. The summed E-state index contributed by atoms with van der Waals surface area (Å²) in [7, 11) is -2.06. The first-order chi connectivity index (χ1) is 15.1. The smallest absolute Gasteiger partial charge is 0.267 e. The van der Waals surface area contributed by atoms with Gasteiger partial charge in [-0.2, -0.15) is 23.4 Å². The fraction of sp³-hybridized carbons (Fsp3) is 0.211. The van der Waals surface area contributed by atoms with Gasteiger partial charge in [0.1, 0.15) is 29.7 Å². The summed E-state index contributed by atoms with van der Waals surface area (Å²) in [6.45, 7) is 1.52. The van der Waals surface area contributed by atoms with Crippen molar-refractivity contribution >= 4 is 9.84 Å². The van der Waals surface area contributed by atoms with Crippen LogP contribution in [-0.4, -0.2) is 48.7 Å². The first kappa shape index (κ1) is 21.6. The van der Waals surface area contributed by atoms with Crippen molar-refractivity contribution in [1.29, 1.82) is 0 Å². The van der Waals surface area contributed by atoms with Crippen molar-refractivity contribution < 1.29 is 21.6 Å². The first-order valence-electron chi connectivity index (χ1n) is 9.27. The second kappa shape index (κ2) is 7.82. The molecule has 4 heterocycles. The molecule has 0 unspecified atom stereocenters. The van der Waals surface area contributed by atoms with Gasteiger partial charge in [0.05, 0.1) is 16.3 Å². The molecule has 0 aliphatic heterocycles. The van der Waals surface area contributed by atoms with Crippen LogP contribution in [0.2, 0.25) is 0 Å². The van der Waals surface area contributed by atoms with Crippen LogP contribution in [0, 0.1) is 0 Å². The zero-order chi connectivity index (χ0) is 23.1. The molecule has 0 saturated heterocycles. The number of sulfone groups is 1. The van der Waals surface area contributed by atoms with Crippen LogP contribution in [0.1, 0.15) is 12.6 Å². The first-order valence-corrected chi connectivity index (χ1v) is 10.9. The Bertz CT molecular complexity index is 1360. The van der Waals surface area contributed by atoms with Crippen molar-refractivity contribution in [3.63, 3.8) is 0 Å². The summed E-state index contributed by atoms with van der Waals surface area (Å²) in [5.41, 5.74) is 0.140. The van der Waals surface area contributed by atoms with E-state index in [1.54, 1.807) is 13.1 Å². The fourth-order valence-electron chi connectivity index (χ4n) is 3.05. The van der Waals surface area contributed by atoms with E-state index in [0.29, 0.717) is 17.1 Å². The van der Waals surface area contributed by atoms with Gasteiger partial charge in [-0.1, -0.05) is 6.92 Å². The molecule has 4 rings (SSSR count). The van der Waals surface area contributed by atoms with Crippen LogP contribution in [0.4, 0.5) is 13.2 Å². The highest BCUT2D eigenvalue weighted by Gasteiger charge is 2.32. The lowest BCUT2D eigenvalue weighted by molar-refractivity contribution is -0.141. The van der Waals surface area contributed by atoms with Gasteiger partial charge in [0.2, 0.25) is 0 Å². The Hall–Kier alpha value is -3.61. The van der Waals surface area contributed by atoms with Crippen LogP contribution in [-0.2, 0) is 23.1 Å². The van der Waals surface area contributed by atoms with Gasteiger partial charge in [0.15, 0.2) is 15.7 Å². The van der Waals surface area contributed by atoms with Crippen LogP contribution in [0.5, 0.6) is 0 Å². The number of halogens is 3. The van der Waals surface area contributed by atoms with E-state index < -0.39 is 21.7 Å². The molecule has 13 heteroatoms. The molecule has 32 heavy (non-hydrogen) atoms. The maximum Gasteiger partial charge on any atom is 0.433 e. The molecule has 0 amide bonds. The third kappa shape index (κ3) is 3.98. The Balaban J connectivity index is 1.84. The van der Waals surface area contributed by atoms with Crippen LogP contribution in [0.25, 0.3) is 28.5 Å². The fourth-order valence-corrected chi connectivity index (χ4v) is 4.08. The van der Waals surface area contributed by atoms with Crippen molar-refractivity contribution in [2.24, 2.45) is 7.05 Å². The van der Waals surface area contributed by atoms with Gasteiger partial charge in [0, 0.05) is 18.8 Å². The van der Waals surface area contributed by atoms with Gasteiger partial charge in [-0.25, -0.2) is 23.1 Å². The van der Waals surface area contributed by atoms with Crippen LogP contribution < -0.4 is 0 Å². The highest BCUT2D eigenvalue weighted by Crippen LogP contribution is 2.32. The molecule has 0 radical (unpaired) electrons. The third-order valence-electron chi connectivity index (χ3n) is 4.68. The number of hydrogen-bond acceptors (Lipinski definition) is 7. The van der Waals surface area contributed by atoms with E-state index in [2.05, 4.69) is 25.1 Å². The Kier molecular flexibility index (Phi) is 5.28. The van der Waals surface area contributed by atoms with Crippen molar-refractivity contribution in [3.05, 3.63) is 54.9 Å². The van der Waals surface area contributed by atoms with E-state index in [-0.39, 0.29) is 22.0 Å². The Labute approximate surface area is 180 Å². The molecule has 0 spiro atoms. The van der Waals surface area contributed by atoms with Gasteiger partial charge in [-0.05, 0) is 30.3 Å². The maximum atomic E-state index is 12.8. The summed E-state index contributed by atoms with van der Waals surface area (Å²) in [4.78, 5) is 11.7. The molecule has 166 valence electrons. The van der Waals surface area contributed by atoms with Crippen molar-refractivity contribution in [2.45, 2.75) is 18.0 Å². The maximum absolute atomic E-state index is 12.8. The monoisotopic (exact) mass is 463 g/mol. The molecule has 0 atom stereocenters. The van der Waals surface area contributed by atoms with E-state index in [1.165, 1.54) is 47.1 Å². The lowest BCUT2D eigenvalue weighted by atomic mass is 10.1. The van der Waals surface area contributed by atoms with Crippen molar-refractivity contribution in [1.82, 2.24) is 34.5 Å². The van der Waals surface area contributed by atoms with E-state index in [9.17, 15) is 21.6 Å². The molecule has 0 fully saturated rings. The summed E-state index contributed by atoms with van der Waals surface area (Å²) in [5.74, 6) is 0.184. The average Bonchev–Trinajstić information content (AvgIpc) is 3.43. The molecule has 4 aromatic heterocycles. The molecule has 0 bridgehead atoms. The molecule has 4 aromatic rings. The number of alkyl halides is 3. The molecular formula is C19H16F3N7O2S. The zero-order valence-corrected chi connectivity index (χ0v) is 17.6. The normalized spacial score (nSPS) is 12.3. The Morgan fingerprint density at radius 3 is 2.50 bits per heavy atom. The van der Waals surface area contributed by atoms with Gasteiger partial charge in [0.25, 0.3) is 0 Å². The third-order valence-corrected chi connectivity index (χ3v) is 6.44. The molecule has 9 nitrogen and oxygen atoms in total. The van der Waals surface area contributed by atoms with Crippen LogP contribution in [0.15, 0.2) is 54.1 Å². The largest absolute Gasteiger partial charge is 0.433 e. The van der Waals surface area contributed by atoms with E-state index in [4.69, 9.17) is 0 Å². The number of aryl methyl sites for hydroxylation is 1. The zero-order valence-electron chi connectivity index (χ0n) is 16.8. The van der Waals surface area contributed by atoms with Crippen LogP contribution >= 0.6 is 0 Å². The minimum Gasteiger partial charge on any atom is -0.267 e. The van der Waals surface area contributed by atoms with Crippen molar-refractivity contribution in [3.8, 4) is 28.5 Å². The minimum atomic E-state index is -4.55. The van der Waals surface area contributed by atoms with E-state index in [0.717, 1.165) is 12.3 Å². The summed E-state index contributed by atoms with van der Waals surface area (Å²) in [6, 6.07) is 6.63. The molecule has 0 N–H and O–H groups in total. The number of aromatic nitrogens is 7. The predicted octanol–water partition coefficient (Wildman–Crippen LogP) is 2.94. The highest BCUT2D eigenvalue weighted by molar-refractivity contribution is 7.91. The molecule has 0 saturated carbocycles. The average molecular weight is 463 g/mol. The summed E-state index contributed by atoms with van der Waals surface area (Å²) >= 11 is 0. The highest BCUT2D eigenvalue weighted by atomic mass is 32.2. The SMILES string of the molecule is CCS(=O)(=O)c1ccc(-n2cncn2)nc1-c1cc(-c2ccc(C(F)(F)F)nc2)n(C)n1. The van der Waals surface area contributed by atoms with Crippen LogP contribution in [0.3, 0.4) is 0 Å². The van der Waals surface area contributed by atoms with E-state index in [1.807, 2.05) is 0 Å². The van der Waals surface area contributed by atoms with Gasteiger partial charge >= 0.3 is 6.18 Å². The number of rotatable bonds is 5. The van der Waals surface area contributed by atoms with E-state index >= 15 is 0 Å². The molecule has 0 aromatic carbocycles.